The van der Waals surface area contributed by atoms with Gasteiger partial charge in [0.1, 0.15) is 5.60 Å². The summed E-state index contributed by atoms with van der Waals surface area (Å²) >= 11 is 0. The standard InChI is InChI=1S/C18H28N2O3/c1-6-13(2)16(21)19-12-15(14-10-8-7-9-11-14)20-17(22)23-18(3,4)5/h7-11,13,15H,6,12H2,1-5H3,(H,19,21)(H,20,22)/t13-,15-/m1/s1. The lowest BCUT2D eigenvalue weighted by Crippen LogP contribution is -2.41. The molecule has 1 aromatic rings. The van der Waals surface area contributed by atoms with E-state index < -0.39 is 11.7 Å². The molecule has 0 radical (unpaired) electrons. The molecule has 0 saturated heterocycles. The molecular formula is C18H28N2O3. The molecule has 128 valence electrons. The molecule has 2 N–H and O–H groups in total. The molecule has 1 rings (SSSR count). The fraction of sp³-hybridized carbons (Fsp3) is 0.556. The van der Waals surface area contributed by atoms with Crippen LogP contribution >= 0.6 is 0 Å². The summed E-state index contributed by atoms with van der Waals surface area (Å²) in [5.41, 5.74) is 0.355. The van der Waals surface area contributed by atoms with Gasteiger partial charge in [-0.2, -0.15) is 0 Å². The number of amides is 2. The number of hydrogen-bond acceptors (Lipinski definition) is 3. The highest BCUT2D eigenvalue weighted by atomic mass is 16.6. The summed E-state index contributed by atoms with van der Waals surface area (Å²) in [7, 11) is 0. The third-order valence-corrected chi connectivity index (χ3v) is 3.43. The number of rotatable bonds is 6. The van der Waals surface area contributed by atoms with Gasteiger partial charge in [-0.3, -0.25) is 4.79 Å². The average Bonchev–Trinajstić information content (AvgIpc) is 2.49. The van der Waals surface area contributed by atoms with E-state index in [4.69, 9.17) is 4.74 Å². The van der Waals surface area contributed by atoms with Crippen molar-refractivity contribution in [3.63, 3.8) is 0 Å². The number of carbonyl (C=O) groups excluding carboxylic acids is 2. The van der Waals surface area contributed by atoms with Crippen LogP contribution in [0.2, 0.25) is 0 Å². The Morgan fingerprint density at radius 2 is 1.78 bits per heavy atom. The smallest absolute Gasteiger partial charge is 0.408 e. The van der Waals surface area contributed by atoms with E-state index in [9.17, 15) is 9.59 Å². The van der Waals surface area contributed by atoms with E-state index in [0.29, 0.717) is 6.54 Å². The van der Waals surface area contributed by atoms with E-state index in [0.717, 1.165) is 12.0 Å². The minimum absolute atomic E-state index is 0.0144. The highest BCUT2D eigenvalue weighted by Crippen LogP contribution is 2.14. The van der Waals surface area contributed by atoms with Crippen LogP contribution in [-0.2, 0) is 9.53 Å². The van der Waals surface area contributed by atoms with E-state index in [1.807, 2.05) is 65.0 Å². The number of carbonyl (C=O) groups is 2. The molecule has 0 aliphatic heterocycles. The van der Waals surface area contributed by atoms with Gasteiger partial charge in [0.05, 0.1) is 6.04 Å². The quantitative estimate of drug-likeness (QED) is 0.844. The molecule has 0 aliphatic carbocycles. The number of nitrogens with one attached hydrogen (secondary N) is 2. The zero-order valence-electron chi connectivity index (χ0n) is 14.7. The van der Waals surface area contributed by atoms with Crippen molar-refractivity contribution in [2.24, 2.45) is 5.92 Å². The Bertz CT molecular complexity index is 509. The topological polar surface area (TPSA) is 67.4 Å². The Labute approximate surface area is 138 Å². The zero-order valence-corrected chi connectivity index (χ0v) is 14.7. The fourth-order valence-corrected chi connectivity index (χ4v) is 1.95. The van der Waals surface area contributed by atoms with Crippen LogP contribution in [0.3, 0.4) is 0 Å². The van der Waals surface area contributed by atoms with Crippen LogP contribution in [0.4, 0.5) is 4.79 Å². The van der Waals surface area contributed by atoms with Crippen molar-refractivity contribution < 1.29 is 14.3 Å². The molecule has 0 bridgehead atoms. The minimum Gasteiger partial charge on any atom is -0.444 e. The zero-order chi connectivity index (χ0) is 17.5. The summed E-state index contributed by atoms with van der Waals surface area (Å²) in [5.74, 6) is -0.0626. The Kier molecular flexibility index (Phi) is 7.07. The van der Waals surface area contributed by atoms with Crippen molar-refractivity contribution in [3.05, 3.63) is 35.9 Å². The molecule has 23 heavy (non-hydrogen) atoms. The van der Waals surface area contributed by atoms with Crippen LogP contribution in [0.15, 0.2) is 30.3 Å². The minimum atomic E-state index is -0.564. The molecule has 0 heterocycles. The molecule has 5 heteroatoms. The van der Waals surface area contributed by atoms with Crippen LogP contribution in [0, 0.1) is 5.92 Å². The maximum atomic E-state index is 12.0. The second-order valence-electron chi connectivity index (χ2n) is 6.66. The van der Waals surface area contributed by atoms with Crippen molar-refractivity contribution >= 4 is 12.0 Å². The molecule has 0 spiro atoms. The van der Waals surface area contributed by atoms with Crippen molar-refractivity contribution in [3.8, 4) is 0 Å². The summed E-state index contributed by atoms with van der Waals surface area (Å²) in [4.78, 5) is 24.0. The van der Waals surface area contributed by atoms with Crippen molar-refractivity contribution in [1.29, 1.82) is 0 Å². The molecule has 1 aromatic carbocycles. The first kappa shape index (κ1) is 19.0. The Morgan fingerprint density at radius 3 is 2.30 bits per heavy atom. The molecule has 2 amide bonds. The number of ether oxygens (including phenoxy) is 1. The average molecular weight is 320 g/mol. The first-order chi connectivity index (χ1) is 10.7. The normalized spacial score (nSPS) is 13.8. The highest BCUT2D eigenvalue weighted by Gasteiger charge is 2.21. The lowest BCUT2D eigenvalue weighted by atomic mass is 10.1. The molecule has 0 aromatic heterocycles. The van der Waals surface area contributed by atoms with E-state index in [-0.39, 0.29) is 17.9 Å². The number of hydrogen-bond donors (Lipinski definition) is 2. The van der Waals surface area contributed by atoms with Crippen LogP contribution in [0.5, 0.6) is 0 Å². The number of benzene rings is 1. The van der Waals surface area contributed by atoms with E-state index in [1.165, 1.54) is 0 Å². The lowest BCUT2D eigenvalue weighted by Gasteiger charge is -2.24. The van der Waals surface area contributed by atoms with Gasteiger partial charge in [-0.25, -0.2) is 4.79 Å². The summed E-state index contributed by atoms with van der Waals surface area (Å²) in [6.07, 6.45) is 0.283. The molecule has 0 unspecified atom stereocenters. The monoisotopic (exact) mass is 320 g/mol. The molecule has 0 fully saturated rings. The summed E-state index contributed by atoms with van der Waals surface area (Å²) in [5, 5.41) is 5.72. The van der Waals surface area contributed by atoms with E-state index in [1.54, 1.807) is 0 Å². The summed E-state index contributed by atoms with van der Waals surface area (Å²) in [6, 6.07) is 9.20. The molecule has 0 saturated carbocycles. The summed E-state index contributed by atoms with van der Waals surface area (Å²) in [6.45, 7) is 9.62. The SMILES string of the molecule is CC[C@@H](C)C(=O)NC[C@@H](NC(=O)OC(C)(C)C)c1ccccc1. The molecule has 0 aliphatic rings. The lowest BCUT2D eigenvalue weighted by molar-refractivity contribution is -0.124. The number of alkyl carbamates (subject to hydrolysis) is 1. The van der Waals surface area contributed by atoms with Crippen LogP contribution in [-0.4, -0.2) is 24.1 Å². The van der Waals surface area contributed by atoms with Crippen LogP contribution in [0.1, 0.15) is 52.6 Å². The highest BCUT2D eigenvalue weighted by molar-refractivity contribution is 5.78. The van der Waals surface area contributed by atoms with Gasteiger partial charge in [-0.15, -0.1) is 0 Å². The first-order valence-electron chi connectivity index (χ1n) is 8.05. The second-order valence-corrected chi connectivity index (χ2v) is 6.66. The van der Waals surface area contributed by atoms with Gasteiger partial charge in [0, 0.05) is 12.5 Å². The maximum absolute atomic E-state index is 12.0. The fourth-order valence-electron chi connectivity index (χ4n) is 1.95. The summed E-state index contributed by atoms with van der Waals surface area (Å²) < 4.78 is 5.30. The molecule has 5 nitrogen and oxygen atoms in total. The van der Waals surface area contributed by atoms with E-state index >= 15 is 0 Å². The third kappa shape index (κ3) is 7.17. The van der Waals surface area contributed by atoms with Crippen molar-refractivity contribution in [2.45, 2.75) is 52.7 Å². The van der Waals surface area contributed by atoms with Crippen molar-refractivity contribution in [2.75, 3.05) is 6.54 Å². The van der Waals surface area contributed by atoms with Gasteiger partial charge in [0.25, 0.3) is 0 Å². The molecule has 2 atom stereocenters. The van der Waals surface area contributed by atoms with Crippen LogP contribution < -0.4 is 10.6 Å². The van der Waals surface area contributed by atoms with Gasteiger partial charge in [-0.1, -0.05) is 44.2 Å². The van der Waals surface area contributed by atoms with Gasteiger partial charge in [-0.05, 0) is 32.8 Å². The molecular weight excluding hydrogens is 292 g/mol. The van der Waals surface area contributed by atoms with Crippen molar-refractivity contribution in [1.82, 2.24) is 10.6 Å². The Morgan fingerprint density at radius 1 is 1.17 bits per heavy atom. The third-order valence-electron chi connectivity index (χ3n) is 3.43. The maximum Gasteiger partial charge on any atom is 0.408 e. The van der Waals surface area contributed by atoms with Gasteiger partial charge in [0.15, 0.2) is 0 Å². The second kappa shape index (κ2) is 8.56. The predicted octanol–water partition coefficient (Wildman–Crippen LogP) is 3.41. The largest absolute Gasteiger partial charge is 0.444 e. The first-order valence-corrected chi connectivity index (χ1v) is 8.05. The van der Waals surface area contributed by atoms with Gasteiger partial charge >= 0.3 is 6.09 Å². The van der Waals surface area contributed by atoms with Gasteiger partial charge < -0.3 is 15.4 Å². The van der Waals surface area contributed by atoms with E-state index in [2.05, 4.69) is 10.6 Å². The van der Waals surface area contributed by atoms with Gasteiger partial charge in [0.2, 0.25) is 5.91 Å². The predicted molar refractivity (Wildman–Crippen MR) is 91.0 cm³/mol. The van der Waals surface area contributed by atoms with Crippen LogP contribution in [0.25, 0.3) is 0 Å². The Hall–Kier alpha value is -2.04. The Balaban J connectivity index is 2.75.